The normalized spacial score (nSPS) is 15.4. The first-order chi connectivity index (χ1) is 13.6. The second kappa shape index (κ2) is 8.02. The van der Waals surface area contributed by atoms with Crippen molar-refractivity contribution in [3.8, 4) is 11.5 Å². The molecule has 4 rings (SSSR count). The lowest BCUT2D eigenvalue weighted by molar-refractivity contribution is 0.0924. The Kier molecular flexibility index (Phi) is 5.30. The van der Waals surface area contributed by atoms with E-state index in [2.05, 4.69) is 29.4 Å². The average Bonchev–Trinajstić information content (AvgIpc) is 3.21. The summed E-state index contributed by atoms with van der Waals surface area (Å²) in [6.07, 6.45) is 0.752. The maximum Gasteiger partial charge on any atom is 0.251 e. The lowest BCUT2D eigenvalue weighted by Gasteiger charge is -2.28. The zero-order valence-corrected chi connectivity index (χ0v) is 16.7. The number of aryl methyl sites for hydroxylation is 2. The number of rotatable bonds is 5. The van der Waals surface area contributed by atoms with Gasteiger partial charge in [0.1, 0.15) is 18.1 Å². The van der Waals surface area contributed by atoms with E-state index in [0.29, 0.717) is 24.5 Å². The van der Waals surface area contributed by atoms with Crippen LogP contribution in [0.15, 0.2) is 47.3 Å². The minimum atomic E-state index is -0.115. The molecule has 2 aromatic carbocycles. The van der Waals surface area contributed by atoms with Crippen LogP contribution in [0.25, 0.3) is 0 Å². The molecule has 1 aromatic heterocycles. The molecule has 6 heteroatoms. The largest absolute Gasteiger partial charge is 0.493 e. The second-order valence-electron chi connectivity index (χ2n) is 6.96. The van der Waals surface area contributed by atoms with Crippen LogP contribution >= 0.6 is 11.3 Å². The monoisotopic (exact) mass is 394 g/mol. The Labute approximate surface area is 168 Å². The Morgan fingerprint density at radius 1 is 1.32 bits per heavy atom. The summed E-state index contributed by atoms with van der Waals surface area (Å²) in [5.41, 5.74) is 6.55. The Hall–Kier alpha value is -2.86. The number of fused-ring (bicyclic) bond motifs is 1. The molecular weight excluding hydrogens is 372 g/mol. The smallest absolute Gasteiger partial charge is 0.251 e. The molecule has 1 aliphatic heterocycles. The summed E-state index contributed by atoms with van der Waals surface area (Å²) < 4.78 is 11.6. The number of carbonyl (C=O) groups is 1. The predicted octanol–water partition coefficient (Wildman–Crippen LogP) is 4.59. The van der Waals surface area contributed by atoms with Gasteiger partial charge in [-0.1, -0.05) is 23.8 Å². The van der Waals surface area contributed by atoms with Crippen molar-refractivity contribution in [1.82, 2.24) is 10.3 Å². The fourth-order valence-electron chi connectivity index (χ4n) is 3.46. The number of nitrogens with zero attached hydrogens (tertiary/aromatic N) is 1. The lowest BCUT2D eigenvalue weighted by atomic mass is 9.95. The van der Waals surface area contributed by atoms with Gasteiger partial charge in [0, 0.05) is 22.9 Å². The Morgan fingerprint density at radius 3 is 3.04 bits per heavy atom. The van der Waals surface area contributed by atoms with E-state index in [1.54, 1.807) is 17.6 Å². The van der Waals surface area contributed by atoms with Gasteiger partial charge in [-0.2, -0.15) is 0 Å². The van der Waals surface area contributed by atoms with Crippen molar-refractivity contribution in [2.45, 2.75) is 32.9 Å². The number of nitrogens with one attached hydrogen (secondary N) is 1. The van der Waals surface area contributed by atoms with E-state index in [1.807, 2.05) is 24.4 Å². The van der Waals surface area contributed by atoms with Crippen LogP contribution in [-0.2, 0) is 6.61 Å². The Morgan fingerprint density at radius 2 is 2.21 bits per heavy atom. The van der Waals surface area contributed by atoms with Crippen molar-refractivity contribution in [1.29, 1.82) is 0 Å². The van der Waals surface area contributed by atoms with Crippen LogP contribution in [0.3, 0.4) is 0 Å². The van der Waals surface area contributed by atoms with Gasteiger partial charge in [-0.3, -0.25) is 4.79 Å². The third kappa shape index (κ3) is 4.02. The molecule has 28 heavy (non-hydrogen) atoms. The molecule has 1 aliphatic rings. The lowest BCUT2D eigenvalue weighted by Crippen LogP contribution is -2.32. The highest BCUT2D eigenvalue weighted by atomic mass is 32.1. The topological polar surface area (TPSA) is 60.5 Å². The molecular formula is C22H22N2O3S. The van der Waals surface area contributed by atoms with E-state index < -0.39 is 0 Å². The summed E-state index contributed by atoms with van der Waals surface area (Å²) in [6, 6.07) is 11.4. The molecule has 1 atom stereocenters. The van der Waals surface area contributed by atoms with Crippen LogP contribution in [0.1, 0.15) is 45.2 Å². The van der Waals surface area contributed by atoms with Gasteiger partial charge in [0.05, 0.1) is 23.9 Å². The van der Waals surface area contributed by atoms with Crippen LogP contribution in [0.2, 0.25) is 0 Å². The molecule has 0 aliphatic carbocycles. The first kappa shape index (κ1) is 18.5. The second-order valence-corrected chi connectivity index (χ2v) is 7.68. The molecule has 0 fully saturated rings. The average molecular weight is 394 g/mol. The van der Waals surface area contributed by atoms with E-state index >= 15 is 0 Å². The molecule has 5 nitrogen and oxygen atoms in total. The minimum absolute atomic E-state index is 0.0607. The van der Waals surface area contributed by atoms with E-state index in [1.165, 1.54) is 16.9 Å². The van der Waals surface area contributed by atoms with Gasteiger partial charge in [-0.25, -0.2) is 4.98 Å². The summed E-state index contributed by atoms with van der Waals surface area (Å²) in [5, 5.41) is 5.11. The number of aromatic nitrogens is 1. The third-order valence-corrected chi connectivity index (χ3v) is 5.38. The molecule has 0 saturated carbocycles. The minimum Gasteiger partial charge on any atom is -0.493 e. The number of thiazole rings is 1. The Balaban J connectivity index is 1.48. The molecule has 0 bridgehead atoms. The molecule has 1 amide bonds. The summed E-state index contributed by atoms with van der Waals surface area (Å²) in [7, 11) is 0. The highest BCUT2D eigenvalue weighted by molar-refractivity contribution is 7.07. The highest BCUT2D eigenvalue weighted by Gasteiger charge is 2.25. The van der Waals surface area contributed by atoms with Crippen LogP contribution in [-0.4, -0.2) is 17.5 Å². The van der Waals surface area contributed by atoms with E-state index in [-0.39, 0.29) is 11.9 Å². The van der Waals surface area contributed by atoms with Crippen molar-refractivity contribution in [2.24, 2.45) is 0 Å². The zero-order valence-electron chi connectivity index (χ0n) is 15.9. The zero-order chi connectivity index (χ0) is 19.5. The van der Waals surface area contributed by atoms with Crippen molar-refractivity contribution in [3.05, 3.63) is 75.2 Å². The number of hydrogen-bond acceptors (Lipinski definition) is 5. The number of hydrogen-bond donors (Lipinski definition) is 1. The summed E-state index contributed by atoms with van der Waals surface area (Å²) in [6.45, 7) is 5.09. The molecule has 0 saturated heterocycles. The van der Waals surface area contributed by atoms with Crippen LogP contribution in [0.5, 0.6) is 11.5 Å². The maximum atomic E-state index is 12.9. The highest BCUT2D eigenvalue weighted by Crippen LogP contribution is 2.35. The number of amides is 1. The molecule has 1 unspecified atom stereocenters. The van der Waals surface area contributed by atoms with E-state index in [9.17, 15) is 4.79 Å². The van der Waals surface area contributed by atoms with Crippen molar-refractivity contribution in [3.63, 3.8) is 0 Å². The van der Waals surface area contributed by atoms with Gasteiger partial charge in [-0.15, -0.1) is 11.3 Å². The maximum absolute atomic E-state index is 12.9. The van der Waals surface area contributed by atoms with Crippen LogP contribution in [0.4, 0.5) is 0 Å². The fourth-order valence-corrected chi connectivity index (χ4v) is 4.01. The van der Waals surface area contributed by atoms with Gasteiger partial charge >= 0.3 is 0 Å². The van der Waals surface area contributed by atoms with Gasteiger partial charge in [0.25, 0.3) is 5.91 Å². The summed E-state index contributed by atoms with van der Waals surface area (Å²) in [5.74, 6) is 1.43. The SMILES string of the molecule is Cc1cc(C)c2c(c1)C(NC(=O)c1cccc(OCc3cscn3)c1)CCO2. The predicted molar refractivity (Wildman–Crippen MR) is 109 cm³/mol. The summed E-state index contributed by atoms with van der Waals surface area (Å²) >= 11 is 1.53. The molecule has 2 heterocycles. The number of ether oxygens (including phenoxy) is 2. The molecule has 1 N–H and O–H groups in total. The fraction of sp³-hybridized carbons (Fsp3) is 0.273. The van der Waals surface area contributed by atoms with Crippen LogP contribution in [0, 0.1) is 13.8 Å². The Bertz CT molecular complexity index is 985. The molecule has 3 aromatic rings. The van der Waals surface area contributed by atoms with Crippen molar-refractivity contribution in [2.75, 3.05) is 6.61 Å². The number of carbonyl (C=O) groups excluding carboxylic acids is 1. The quantitative estimate of drug-likeness (QED) is 0.687. The molecule has 0 spiro atoms. The third-order valence-electron chi connectivity index (χ3n) is 4.75. The summed E-state index contributed by atoms with van der Waals surface area (Å²) in [4.78, 5) is 17.1. The first-order valence-electron chi connectivity index (χ1n) is 9.25. The van der Waals surface area contributed by atoms with Gasteiger partial charge in [0.15, 0.2) is 0 Å². The van der Waals surface area contributed by atoms with Gasteiger partial charge in [-0.05, 0) is 37.6 Å². The van der Waals surface area contributed by atoms with E-state index in [0.717, 1.165) is 29.0 Å². The van der Waals surface area contributed by atoms with Crippen LogP contribution < -0.4 is 14.8 Å². The number of benzene rings is 2. The van der Waals surface area contributed by atoms with Crippen molar-refractivity contribution < 1.29 is 14.3 Å². The van der Waals surface area contributed by atoms with E-state index in [4.69, 9.17) is 9.47 Å². The standard InChI is InChI=1S/C22H22N2O3S/c1-14-8-15(2)21-19(9-14)20(6-7-26-21)24-22(25)16-4-3-5-18(10-16)27-11-17-12-28-13-23-17/h3-5,8-10,12-13,20H,6-7,11H2,1-2H3,(H,24,25). The molecule has 0 radical (unpaired) electrons. The van der Waals surface area contributed by atoms with Gasteiger partial charge < -0.3 is 14.8 Å². The first-order valence-corrected chi connectivity index (χ1v) is 10.2. The van der Waals surface area contributed by atoms with Crippen molar-refractivity contribution >= 4 is 17.2 Å². The van der Waals surface area contributed by atoms with Gasteiger partial charge in [0.2, 0.25) is 0 Å². The molecule has 144 valence electrons.